The number of hydrogen-bond donors (Lipinski definition) is 1. The first-order valence-electron chi connectivity index (χ1n) is 8.08. The molecule has 4 rings (SSSR count). The van der Waals surface area contributed by atoms with Crippen molar-refractivity contribution in [3.05, 3.63) is 83.4 Å². The largest absolute Gasteiger partial charge is 0.338 e. The molecule has 0 radical (unpaired) electrons. The normalized spacial score (nSPS) is 10.7. The van der Waals surface area contributed by atoms with Crippen LogP contribution in [-0.2, 0) is 0 Å². The number of rotatable bonds is 4. The number of aromatic nitrogens is 2. The van der Waals surface area contributed by atoms with Gasteiger partial charge in [0.15, 0.2) is 5.82 Å². The van der Waals surface area contributed by atoms with E-state index in [1.807, 2.05) is 60.7 Å². The minimum atomic E-state index is 0.630. The standard InChI is InChI=1S/C21H14ClN3O/c22-16-4-3-5-17(12-16)23-21-19-7-2-1-6-18(19)20(24-25-21)15-10-8-14(13-26)9-11-15/h1-13H,(H,23,25). The zero-order chi connectivity index (χ0) is 17.9. The summed E-state index contributed by atoms with van der Waals surface area (Å²) < 4.78 is 0. The van der Waals surface area contributed by atoms with Gasteiger partial charge in [0.05, 0.1) is 0 Å². The fourth-order valence-corrected chi connectivity index (χ4v) is 3.02. The lowest BCUT2D eigenvalue weighted by molar-refractivity contribution is 0.112. The molecule has 4 nitrogen and oxygen atoms in total. The second-order valence-corrected chi connectivity index (χ2v) is 6.25. The molecule has 1 aromatic heterocycles. The number of nitrogens with zero attached hydrogens (tertiary/aromatic N) is 2. The highest BCUT2D eigenvalue weighted by molar-refractivity contribution is 6.30. The van der Waals surface area contributed by atoms with Crippen molar-refractivity contribution in [3.8, 4) is 11.3 Å². The van der Waals surface area contributed by atoms with Crippen LogP contribution in [-0.4, -0.2) is 16.5 Å². The molecule has 0 saturated heterocycles. The van der Waals surface area contributed by atoms with Gasteiger partial charge < -0.3 is 5.32 Å². The maximum absolute atomic E-state index is 10.9. The summed E-state index contributed by atoms with van der Waals surface area (Å²) in [5, 5.41) is 14.7. The second kappa shape index (κ2) is 6.94. The van der Waals surface area contributed by atoms with E-state index in [-0.39, 0.29) is 0 Å². The maximum atomic E-state index is 10.9. The summed E-state index contributed by atoms with van der Waals surface area (Å²) >= 11 is 6.06. The van der Waals surface area contributed by atoms with E-state index in [2.05, 4.69) is 15.5 Å². The molecule has 5 heteroatoms. The predicted octanol–water partition coefficient (Wildman–Crippen LogP) is 5.51. The number of fused-ring (bicyclic) bond motifs is 1. The van der Waals surface area contributed by atoms with Crippen LogP contribution >= 0.6 is 11.6 Å². The van der Waals surface area contributed by atoms with Crippen molar-refractivity contribution in [2.45, 2.75) is 0 Å². The molecule has 0 aliphatic heterocycles. The Balaban J connectivity index is 1.81. The lowest BCUT2D eigenvalue weighted by Gasteiger charge is -2.11. The van der Waals surface area contributed by atoms with Gasteiger partial charge in [-0.25, -0.2) is 0 Å². The molecule has 1 N–H and O–H groups in total. The molecule has 0 aliphatic rings. The van der Waals surface area contributed by atoms with Gasteiger partial charge in [0.2, 0.25) is 0 Å². The Morgan fingerprint density at radius 1 is 0.846 bits per heavy atom. The molecule has 0 fully saturated rings. The molecule has 126 valence electrons. The monoisotopic (exact) mass is 359 g/mol. The highest BCUT2D eigenvalue weighted by atomic mass is 35.5. The summed E-state index contributed by atoms with van der Waals surface area (Å²) in [6.07, 6.45) is 0.825. The molecule has 0 aliphatic carbocycles. The average Bonchev–Trinajstić information content (AvgIpc) is 2.68. The Hall–Kier alpha value is -3.24. The minimum Gasteiger partial charge on any atom is -0.338 e. The first-order chi connectivity index (χ1) is 12.7. The Morgan fingerprint density at radius 3 is 2.35 bits per heavy atom. The highest BCUT2D eigenvalue weighted by Gasteiger charge is 2.11. The van der Waals surface area contributed by atoms with Crippen LogP contribution in [0.5, 0.6) is 0 Å². The van der Waals surface area contributed by atoms with Gasteiger partial charge in [0, 0.05) is 32.6 Å². The number of anilines is 2. The van der Waals surface area contributed by atoms with Crippen LogP contribution < -0.4 is 5.32 Å². The Bertz CT molecular complexity index is 1090. The molecule has 0 spiro atoms. The fourth-order valence-electron chi connectivity index (χ4n) is 2.83. The summed E-state index contributed by atoms with van der Waals surface area (Å²) in [6.45, 7) is 0. The van der Waals surface area contributed by atoms with Crippen LogP contribution in [0.3, 0.4) is 0 Å². The van der Waals surface area contributed by atoms with Gasteiger partial charge >= 0.3 is 0 Å². The predicted molar refractivity (Wildman–Crippen MR) is 105 cm³/mol. The van der Waals surface area contributed by atoms with Gasteiger partial charge in [0.1, 0.15) is 12.0 Å². The molecule has 4 aromatic rings. The van der Waals surface area contributed by atoms with Crippen molar-refractivity contribution in [1.82, 2.24) is 10.2 Å². The number of hydrogen-bond acceptors (Lipinski definition) is 4. The van der Waals surface area contributed by atoms with E-state index in [1.165, 1.54) is 0 Å². The molecule has 0 amide bonds. The number of halogens is 1. The smallest absolute Gasteiger partial charge is 0.161 e. The summed E-state index contributed by atoms with van der Waals surface area (Å²) in [5.41, 5.74) is 3.16. The number of benzene rings is 3. The Labute approximate surface area is 155 Å². The summed E-state index contributed by atoms with van der Waals surface area (Å²) in [4.78, 5) is 10.9. The third-order valence-corrected chi connectivity index (χ3v) is 4.33. The number of carbonyl (C=O) groups is 1. The van der Waals surface area contributed by atoms with E-state index in [9.17, 15) is 4.79 Å². The minimum absolute atomic E-state index is 0.630. The van der Waals surface area contributed by atoms with Crippen molar-refractivity contribution >= 4 is 40.2 Å². The van der Waals surface area contributed by atoms with E-state index < -0.39 is 0 Å². The van der Waals surface area contributed by atoms with Crippen molar-refractivity contribution in [1.29, 1.82) is 0 Å². The van der Waals surface area contributed by atoms with Gasteiger partial charge in [-0.15, -0.1) is 10.2 Å². The number of aldehydes is 1. The molecule has 0 unspecified atom stereocenters. The van der Waals surface area contributed by atoms with Crippen molar-refractivity contribution in [2.75, 3.05) is 5.32 Å². The lowest BCUT2D eigenvalue weighted by Crippen LogP contribution is -1.99. The first-order valence-corrected chi connectivity index (χ1v) is 8.46. The molecule has 0 bridgehead atoms. The SMILES string of the molecule is O=Cc1ccc(-c2nnc(Nc3cccc(Cl)c3)c3ccccc23)cc1. The van der Waals surface area contributed by atoms with E-state index in [0.717, 1.165) is 34.0 Å². The van der Waals surface area contributed by atoms with E-state index in [1.54, 1.807) is 12.1 Å². The maximum Gasteiger partial charge on any atom is 0.161 e. The molecule has 3 aromatic carbocycles. The number of nitrogens with one attached hydrogen (secondary N) is 1. The Kier molecular flexibility index (Phi) is 4.33. The van der Waals surface area contributed by atoms with Crippen LogP contribution in [0.1, 0.15) is 10.4 Å². The third kappa shape index (κ3) is 3.15. The molecule has 1 heterocycles. The van der Waals surface area contributed by atoms with Crippen molar-refractivity contribution < 1.29 is 4.79 Å². The van der Waals surface area contributed by atoms with Gasteiger partial charge in [0.25, 0.3) is 0 Å². The lowest BCUT2D eigenvalue weighted by atomic mass is 10.0. The first kappa shape index (κ1) is 16.2. The molecule has 0 saturated carbocycles. The van der Waals surface area contributed by atoms with E-state index in [4.69, 9.17) is 11.6 Å². The zero-order valence-electron chi connectivity index (χ0n) is 13.7. The third-order valence-electron chi connectivity index (χ3n) is 4.09. The second-order valence-electron chi connectivity index (χ2n) is 5.82. The van der Waals surface area contributed by atoms with E-state index >= 15 is 0 Å². The van der Waals surface area contributed by atoms with Gasteiger partial charge in [-0.3, -0.25) is 4.79 Å². The molecule has 26 heavy (non-hydrogen) atoms. The van der Waals surface area contributed by atoms with Crippen LogP contribution in [0.2, 0.25) is 5.02 Å². The summed E-state index contributed by atoms with van der Waals surface area (Å²) in [5.74, 6) is 0.663. The summed E-state index contributed by atoms with van der Waals surface area (Å²) in [7, 11) is 0. The van der Waals surface area contributed by atoms with Crippen LogP contribution in [0.25, 0.3) is 22.0 Å². The highest BCUT2D eigenvalue weighted by Crippen LogP contribution is 2.31. The number of carbonyl (C=O) groups excluding carboxylic acids is 1. The topological polar surface area (TPSA) is 54.9 Å². The van der Waals surface area contributed by atoms with Crippen LogP contribution in [0, 0.1) is 0 Å². The molecule has 0 atom stereocenters. The van der Waals surface area contributed by atoms with Crippen LogP contribution in [0.15, 0.2) is 72.8 Å². The van der Waals surface area contributed by atoms with Crippen LogP contribution in [0.4, 0.5) is 11.5 Å². The fraction of sp³-hybridized carbons (Fsp3) is 0. The Morgan fingerprint density at radius 2 is 1.62 bits per heavy atom. The molecular formula is C21H14ClN3O. The molecular weight excluding hydrogens is 346 g/mol. The van der Waals surface area contributed by atoms with Crippen molar-refractivity contribution in [3.63, 3.8) is 0 Å². The van der Waals surface area contributed by atoms with Gasteiger partial charge in [-0.05, 0) is 18.2 Å². The average molecular weight is 360 g/mol. The zero-order valence-corrected chi connectivity index (χ0v) is 14.4. The van der Waals surface area contributed by atoms with Crippen molar-refractivity contribution in [2.24, 2.45) is 0 Å². The van der Waals surface area contributed by atoms with E-state index in [0.29, 0.717) is 16.4 Å². The van der Waals surface area contributed by atoms with Gasteiger partial charge in [-0.2, -0.15) is 0 Å². The quantitative estimate of drug-likeness (QED) is 0.488. The van der Waals surface area contributed by atoms with Gasteiger partial charge in [-0.1, -0.05) is 66.2 Å². The summed E-state index contributed by atoms with van der Waals surface area (Å²) in [6, 6.07) is 22.7.